The number of benzene rings is 1. The van der Waals surface area contributed by atoms with Crippen LogP contribution in [0.5, 0.6) is 0 Å². The van der Waals surface area contributed by atoms with Gasteiger partial charge in [0.1, 0.15) is 11.2 Å². The molecule has 3 rings (SSSR count). The predicted molar refractivity (Wildman–Crippen MR) is 113 cm³/mol. The SMILES string of the molecule is CN(C(=O)OC(C)(C)C)c1ccc2cnc(C(=O)c3ccc([N+](=O)[O-])c(C(=O)O)c3)n2c1. The molecule has 1 amide bonds. The van der Waals surface area contributed by atoms with Crippen LogP contribution in [0.1, 0.15) is 47.3 Å². The Kier molecular flexibility index (Phi) is 5.67. The number of ketones is 1. The highest BCUT2D eigenvalue weighted by Gasteiger charge is 2.25. The van der Waals surface area contributed by atoms with Crippen LogP contribution in [0.25, 0.3) is 5.52 Å². The first kappa shape index (κ1) is 22.4. The number of imidazole rings is 1. The maximum absolute atomic E-state index is 13.0. The van der Waals surface area contributed by atoms with Gasteiger partial charge in [-0.3, -0.25) is 24.2 Å². The van der Waals surface area contributed by atoms with E-state index < -0.39 is 39.6 Å². The van der Waals surface area contributed by atoms with Crippen LogP contribution in [0.4, 0.5) is 16.2 Å². The lowest BCUT2D eigenvalue weighted by Gasteiger charge is -2.24. The number of nitro groups is 1. The summed E-state index contributed by atoms with van der Waals surface area (Å²) in [5.74, 6) is -2.22. The molecule has 0 saturated heterocycles. The average molecular weight is 440 g/mol. The summed E-state index contributed by atoms with van der Waals surface area (Å²) in [6.07, 6.45) is 2.36. The highest BCUT2D eigenvalue weighted by molar-refractivity contribution is 6.09. The minimum Gasteiger partial charge on any atom is -0.477 e. The molecule has 0 unspecified atom stereocenters. The number of carbonyl (C=O) groups excluding carboxylic acids is 2. The maximum atomic E-state index is 13.0. The summed E-state index contributed by atoms with van der Waals surface area (Å²) in [5.41, 5.74) is -1.02. The molecule has 0 aliphatic heterocycles. The van der Waals surface area contributed by atoms with Crippen molar-refractivity contribution in [2.45, 2.75) is 26.4 Å². The van der Waals surface area contributed by atoms with Crippen LogP contribution in [0, 0.1) is 10.1 Å². The normalized spacial score (nSPS) is 11.2. The number of hydrogen-bond acceptors (Lipinski definition) is 7. The van der Waals surface area contributed by atoms with Crippen LogP contribution in [0.3, 0.4) is 0 Å². The highest BCUT2D eigenvalue weighted by atomic mass is 16.6. The third-order valence-electron chi connectivity index (χ3n) is 4.46. The molecule has 11 nitrogen and oxygen atoms in total. The van der Waals surface area contributed by atoms with Crippen LogP contribution >= 0.6 is 0 Å². The van der Waals surface area contributed by atoms with Crippen molar-refractivity contribution in [3.63, 3.8) is 0 Å². The van der Waals surface area contributed by atoms with E-state index in [-0.39, 0.29) is 11.4 Å². The molecule has 0 bridgehead atoms. The maximum Gasteiger partial charge on any atom is 0.414 e. The number of carboxylic acid groups (broad SMARTS) is 1. The zero-order valence-corrected chi connectivity index (χ0v) is 17.7. The number of carbonyl (C=O) groups is 3. The van der Waals surface area contributed by atoms with E-state index in [2.05, 4.69) is 4.98 Å². The van der Waals surface area contributed by atoms with E-state index in [0.29, 0.717) is 11.2 Å². The molecule has 166 valence electrons. The van der Waals surface area contributed by atoms with Crippen LogP contribution in [-0.4, -0.2) is 49.9 Å². The Balaban J connectivity index is 2.01. The number of aromatic carboxylic acids is 1. The number of nitro benzene ring substituents is 1. The monoisotopic (exact) mass is 440 g/mol. The zero-order chi connectivity index (χ0) is 23.8. The van der Waals surface area contributed by atoms with Gasteiger partial charge in [0.15, 0.2) is 5.82 Å². The number of rotatable bonds is 5. The van der Waals surface area contributed by atoms with E-state index in [9.17, 15) is 29.6 Å². The Bertz CT molecular complexity index is 1260. The second kappa shape index (κ2) is 8.10. The summed E-state index contributed by atoms with van der Waals surface area (Å²) in [6.45, 7) is 5.22. The number of pyridine rings is 1. The lowest BCUT2D eigenvalue weighted by atomic mass is 10.0. The molecule has 0 radical (unpaired) electrons. The van der Waals surface area contributed by atoms with Crippen molar-refractivity contribution in [2.24, 2.45) is 0 Å². The zero-order valence-electron chi connectivity index (χ0n) is 17.7. The van der Waals surface area contributed by atoms with Crippen LogP contribution in [-0.2, 0) is 4.74 Å². The van der Waals surface area contributed by atoms with Crippen molar-refractivity contribution in [1.29, 1.82) is 0 Å². The smallest absolute Gasteiger partial charge is 0.414 e. The second-order valence-electron chi connectivity index (χ2n) is 7.93. The molecular weight excluding hydrogens is 420 g/mol. The molecule has 11 heteroatoms. The first-order valence-corrected chi connectivity index (χ1v) is 9.39. The number of anilines is 1. The first-order valence-electron chi connectivity index (χ1n) is 9.39. The molecule has 0 aliphatic rings. The van der Waals surface area contributed by atoms with Crippen LogP contribution in [0.2, 0.25) is 0 Å². The Morgan fingerprint density at radius 1 is 1.19 bits per heavy atom. The van der Waals surface area contributed by atoms with Gasteiger partial charge in [-0.05, 0) is 45.0 Å². The van der Waals surface area contributed by atoms with Gasteiger partial charge >= 0.3 is 12.1 Å². The Morgan fingerprint density at radius 2 is 1.88 bits per heavy atom. The summed E-state index contributed by atoms with van der Waals surface area (Å²) in [6, 6.07) is 6.39. The molecule has 3 aromatic rings. The number of carboxylic acids is 1. The summed E-state index contributed by atoms with van der Waals surface area (Å²) >= 11 is 0. The summed E-state index contributed by atoms with van der Waals surface area (Å²) in [7, 11) is 1.52. The fourth-order valence-electron chi connectivity index (χ4n) is 2.92. The van der Waals surface area contributed by atoms with E-state index in [1.807, 2.05) is 0 Å². The van der Waals surface area contributed by atoms with Crippen molar-refractivity contribution in [2.75, 3.05) is 11.9 Å². The molecule has 1 N–H and O–H groups in total. The van der Waals surface area contributed by atoms with E-state index in [0.717, 1.165) is 12.1 Å². The van der Waals surface area contributed by atoms with Crippen LogP contribution in [0.15, 0.2) is 42.7 Å². The number of aromatic nitrogens is 2. The van der Waals surface area contributed by atoms with Crippen molar-refractivity contribution >= 4 is 34.7 Å². The third kappa shape index (κ3) is 4.41. The third-order valence-corrected chi connectivity index (χ3v) is 4.46. The largest absolute Gasteiger partial charge is 0.477 e. The number of hydrogen-bond donors (Lipinski definition) is 1. The first-order chi connectivity index (χ1) is 14.9. The Hall–Kier alpha value is -4.28. The molecule has 32 heavy (non-hydrogen) atoms. The average Bonchev–Trinajstić information content (AvgIpc) is 3.13. The van der Waals surface area contributed by atoms with E-state index in [1.54, 1.807) is 32.9 Å². The number of fused-ring (bicyclic) bond motifs is 1. The molecule has 0 fully saturated rings. The van der Waals surface area contributed by atoms with Crippen molar-refractivity contribution < 1.29 is 29.2 Å². The van der Waals surface area contributed by atoms with Gasteiger partial charge in [-0.2, -0.15) is 0 Å². The highest BCUT2D eigenvalue weighted by Crippen LogP contribution is 2.23. The van der Waals surface area contributed by atoms with Crippen molar-refractivity contribution in [3.8, 4) is 0 Å². The van der Waals surface area contributed by atoms with E-state index >= 15 is 0 Å². The Morgan fingerprint density at radius 3 is 2.47 bits per heavy atom. The van der Waals surface area contributed by atoms with Gasteiger partial charge in [0, 0.05) is 24.9 Å². The van der Waals surface area contributed by atoms with E-state index in [1.165, 1.54) is 34.8 Å². The van der Waals surface area contributed by atoms with Gasteiger partial charge < -0.3 is 9.84 Å². The van der Waals surface area contributed by atoms with E-state index in [4.69, 9.17) is 4.74 Å². The quantitative estimate of drug-likeness (QED) is 0.360. The summed E-state index contributed by atoms with van der Waals surface area (Å²) in [4.78, 5) is 52.4. The standard InChI is InChI=1S/C21H20N4O7/c1-21(2,3)32-20(29)23(4)14-7-6-13-10-22-18(24(13)11-14)17(26)12-5-8-16(25(30)31)15(9-12)19(27)28/h5-11H,1-4H3,(H,27,28). The van der Waals surface area contributed by atoms with Gasteiger partial charge in [-0.15, -0.1) is 0 Å². The van der Waals surface area contributed by atoms with Crippen molar-refractivity contribution in [1.82, 2.24) is 9.38 Å². The number of ether oxygens (including phenoxy) is 1. The molecule has 0 aliphatic carbocycles. The van der Waals surface area contributed by atoms with Gasteiger partial charge in [-0.1, -0.05) is 0 Å². The van der Waals surface area contributed by atoms with Gasteiger partial charge in [0.25, 0.3) is 5.69 Å². The minimum atomic E-state index is -1.53. The second-order valence-corrected chi connectivity index (χ2v) is 7.93. The molecule has 1 aromatic carbocycles. The lowest BCUT2D eigenvalue weighted by Crippen LogP contribution is -2.34. The number of amides is 1. The topological polar surface area (TPSA) is 144 Å². The Labute approximate surface area is 182 Å². The van der Waals surface area contributed by atoms with Gasteiger partial charge in [-0.25, -0.2) is 14.6 Å². The molecule has 0 saturated carbocycles. The summed E-state index contributed by atoms with van der Waals surface area (Å²) < 4.78 is 6.79. The number of nitrogens with zero attached hydrogens (tertiary/aromatic N) is 4. The lowest BCUT2D eigenvalue weighted by molar-refractivity contribution is -0.385. The van der Waals surface area contributed by atoms with Crippen molar-refractivity contribution in [3.05, 3.63) is 69.8 Å². The molecule has 0 atom stereocenters. The van der Waals surface area contributed by atoms with Gasteiger partial charge in [0.05, 0.1) is 22.3 Å². The molecule has 2 heterocycles. The predicted octanol–water partition coefficient (Wildman–Crippen LogP) is 3.54. The molecule has 2 aromatic heterocycles. The fraction of sp³-hybridized carbons (Fsp3) is 0.238. The summed E-state index contributed by atoms with van der Waals surface area (Å²) in [5, 5.41) is 20.3. The van der Waals surface area contributed by atoms with Gasteiger partial charge in [0.2, 0.25) is 5.78 Å². The fourth-order valence-corrected chi connectivity index (χ4v) is 2.92. The van der Waals surface area contributed by atoms with Crippen LogP contribution < -0.4 is 4.90 Å². The minimum absolute atomic E-state index is 0.0513. The molecule has 0 spiro atoms. The molecular formula is C21H20N4O7.